The van der Waals surface area contributed by atoms with E-state index in [0.29, 0.717) is 33.1 Å². The summed E-state index contributed by atoms with van der Waals surface area (Å²) in [6, 6.07) is 13.4. The molecule has 7 nitrogen and oxygen atoms in total. The average molecular weight is 502 g/mol. The summed E-state index contributed by atoms with van der Waals surface area (Å²) < 4.78 is 8.04. The first-order chi connectivity index (χ1) is 14.6. The monoisotopic (exact) mass is 501 g/mol. The lowest BCUT2D eigenvalue weighted by Gasteiger charge is -2.06. The molecule has 0 saturated heterocycles. The molecule has 4 rings (SSSR count). The Morgan fingerprint density at radius 1 is 1.27 bits per heavy atom. The smallest absolute Gasteiger partial charge is 0.236 e. The Bertz CT molecular complexity index is 1170. The van der Waals surface area contributed by atoms with E-state index >= 15 is 0 Å². The topological polar surface area (TPSA) is 85.8 Å². The number of nitrogens with one attached hydrogen (secondary N) is 1. The molecule has 0 aliphatic heterocycles. The van der Waals surface area contributed by atoms with Crippen molar-refractivity contribution in [3.8, 4) is 22.8 Å². The first-order valence-electron chi connectivity index (χ1n) is 8.87. The number of amides is 1. The van der Waals surface area contributed by atoms with Crippen molar-refractivity contribution in [1.82, 2.24) is 19.7 Å². The van der Waals surface area contributed by atoms with Crippen LogP contribution in [0.4, 0.5) is 5.13 Å². The van der Waals surface area contributed by atoms with Gasteiger partial charge in [-0.05, 0) is 28.1 Å². The fraction of sp³-hybridized carbons (Fsp3) is 0.100. The van der Waals surface area contributed by atoms with E-state index in [2.05, 4.69) is 43.0 Å². The first-order valence-corrected chi connectivity index (χ1v) is 11.5. The minimum absolute atomic E-state index is 0.163. The minimum atomic E-state index is -0.163. The number of thioether (sulfide) groups is 1. The van der Waals surface area contributed by atoms with Gasteiger partial charge in [0, 0.05) is 17.5 Å². The van der Waals surface area contributed by atoms with Gasteiger partial charge in [-0.25, -0.2) is 4.98 Å². The Hall–Kier alpha value is -2.69. The highest BCUT2D eigenvalue weighted by molar-refractivity contribution is 9.10. The third-order valence-electron chi connectivity index (χ3n) is 3.97. The predicted octanol–water partition coefficient (Wildman–Crippen LogP) is 5.34. The van der Waals surface area contributed by atoms with Crippen molar-refractivity contribution < 1.29 is 9.21 Å². The van der Waals surface area contributed by atoms with Crippen molar-refractivity contribution in [2.24, 2.45) is 0 Å². The summed E-state index contributed by atoms with van der Waals surface area (Å²) in [6.45, 7) is 4.28. The average Bonchev–Trinajstić information content (AvgIpc) is 3.48. The van der Waals surface area contributed by atoms with Gasteiger partial charge in [0.25, 0.3) is 0 Å². The highest BCUT2D eigenvalue weighted by atomic mass is 79.9. The third kappa shape index (κ3) is 4.72. The van der Waals surface area contributed by atoms with Crippen LogP contribution in [0, 0.1) is 0 Å². The van der Waals surface area contributed by atoms with Crippen LogP contribution in [0.5, 0.6) is 0 Å². The van der Waals surface area contributed by atoms with Gasteiger partial charge < -0.3 is 9.73 Å². The second-order valence-electron chi connectivity index (χ2n) is 6.05. The number of rotatable bonds is 8. The molecule has 0 unspecified atom stereocenters. The summed E-state index contributed by atoms with van der Waals surface area (Å²) >= 11 is 5.98. The van der Waals surface area contributed by atoms with Crippen LogP contribution >= 0.6 is 39.0 Å². The number of furan rings is 1. The first kappa shape index (κ1) is 20.6. The van der Waals surface area contributed by atoms with Gasteiger partial charge in [-0.2, -0.15) is 0 Å². The number of carbonyl (C=O) groups is 1. The summed E-state index contributed by atoms with van der Waals surface area (Å²) in [5.74, 6) is 1.18. The molecule has 0 fully saturated rings. The van der Waals surface area contributed by atoms with Gasteiger partial charge in [0.15, 0.2) is 20.7 Å². The van der Waals surface area contributed by atoms with Gasteiger partial charge in [-0.3, -0.25) is 9.36 Å². The Labute approximate surface area is 189 Å². The van der Waals surface area contributed by atoms with Crippen molar-refractivity contribution in [3.63, 3.8) is 0 Å². The van der Waals surface area contributed by atoms with Gasteiger partial charge in [-0.15, -0.1) is 28.1 Å². The second-order valence-corrected chi connectivity index (χ2v) is 8.63. The molecule has 0 aliphatic rings. The van der Waals surface area contributed by atoms with Crippen LogP contribution in [0.25, 0.3) is 22.8 Å². The SMILES string of the molecule is C=CCn1c(SCC(=O)Nc2nc(-c3ccccc3)cs2)nnc1-c1ccc(Br)o1. The largest absolute Gasteiger partial charge is 0.446 e. The zero-order valence-electron chi connectivity index (χ0n) is 15.6. The number of hydrogen-bond donors (Lipinski definition) is 1. The molecule has 0 radical (unpaired) electrons. The van der Waals surface area contributed by atoms with Crippen LogP contribution in [0.15, 0.2) is 74.7 Å². The summed E-state index contributed by atoms with van der Waals surface area (Å²) in [6.07, 6.45) is 1.75. The van der Waals surface area contributed by atoms with E-state index in [1.807, 2.05) is 46.3 Å². The van der Waals surface area contributed by atoms with Crippen LogP contribution < -0.4 is 5.32 Å². The number of aromatic nitrogens is 4. The number of carbonyl (C=O) groups excluding carboxylic acids is 1. The molecular formula is C20H16BrN5O2S2. The lowest BCUT2D eigenvalue weighted by molar-refractivity contribution is -0.113. The molecule has 0 atom stereocenters. The van der Waals surface area contributed by atoms with Gasteiger partial charge in [0.1, 0.15) is 0 Å². The molecule has 1 amide bonds. The maximum Gasteiger partial charge on any atom is 0.236 e. The molecule has 0 bridgehead atoms. The van der Waals surface area contributed by atoms with Gasteiger partial charge >= 0.3 is 0 Å². The summed E-state index contributed by atoms with van der Waals surface area (Å²) in [5, 5.41) is 14.3. The fourth-order valence-electron chi connectivity index (χ4n) is 2.66. The number of nitrogens with zero attached hydrogens (tertiary/aromatic N) is 4. The Morgan fingerprint density at radius 2 is 2.10 bits per heavy atom. The van der Waals surface area contributed by atoms with Crippen LogP contribution in [-0.4, -0.2) is 31.4 Å². The Balaban J connectivity index is 1.41. The zero-order valence-corrected chi connectivity index (χ0v) is 18.8. The van der Waals surface area contributed by atoms with Crippen LogP contribution in [0.2, 0.25) is 0 Å². The lowest BCUT2D eigenvalue weighted by atomic mass is 10.2. The summed E-state index contributed by atoms with van der Waals surface area (Å²) in [5.41, 5.74) is 1.85. The maximum atomic E-state index is 12.4. The van der Waals surface area contributed by atoms with E-state index in [4.69, 9.17) is 4.42 Å². The molecule has 10 heteroatoms. The number of benzene rings is 1. The molecule has 4 aromatic rings. The highest BCUT2D eigenvalue weighted by Crippen LogP contribution is 2.28. The molecular weight excluding hydrogens is 486 g/mol. The molecule has 152 valence electrons. The Morgan fingerprint density at radius 3 is 2.83 bits per heavy atom. The fourth-order valence-corrected chi connectivity index (χ4v) is 4.45. The van der Waals surface area contributed by atoms with E-state index < -0.39 is 0 Å². The van der Waals surface area contributed by atoms with Crippen LogP contribution in [-0.2, 0) is 11.3 Å². The maximum absolute atomic E-state index is 12.4. The van der Waals surface area contributed by atoms with E-state index in [9.17, 15) is 4.79 Å². The highest BCUT2D eigenvalue weighted by Gasteiger charge is 2.18. The second kappa shape index (κ2) is 9.41. The van der Waals surface area contributed by atoms with Gasteiger partial charge in [0.05, 0.1) is 11.4 Å². The summed E-state index contributed by atoms with van der Waals surface area (Å²) in [7, 11) is 0. The number of hydrogen-bond acceptors (Lipinski definition) is 7. The molecule has 0 spiro atoms. The van der Waals surface area contributed by atoms with Gasteiger partial charge in [-0.1, -0.05) is 48.2 Å². The molecule has 0 saturated carbocycles. The summed E-state index contributed by atoms with van der Waals surface area (Å²) in [4.78, 5) is 16.9. The number of thiazole rings is 1. The van der Waals surface area contributed by atoms with E-state index in [1.54, 1.807) is 12.1 Å². The van der Waals surface area contributed by atoms with Crippen LogP contribution in [0.3, 0.4) is 0 Å². The van der Waals surface area contributed by atoms with Crippen LogP contribution in [0.1, 0.15) is 0 Å². The number of anilines is 1. The van der Waals surface area contributed by atoms with Gasteiger partial charge in [0.2, 0.25) is 11.7 Å². The van der Waals surface area contributed by atoms with E-state index in [1.165, 1.54) is 23.1 Å². The van der Waals surface area contributed by atoms with Crippen molar-refractivity contribution in [3.05, 3.63) is 65.2 Å². The normalized spacial score (nSPS) is 10.8. The van der Waals surface area contributed by atoms with Crippen molar-refractivity contribution in [2.45, 2.75) is 11.7 Å². The van der Waals surface area contributed by atoms with E-state index in [0.717, 1.165) is 11.3 Å². The third-order valence-corrected chi connectivity index (χ3v) is 6.13. The van der Waals surface area contributed by atoms with Crippen molar-refractivity contribution >= 4 is 50.1 Å². The lowest BCUT2D eigenvalue weighted by Crippen LogP contribution is -2.14. The zero-order chi connectivity index (χ0) is 20.9. The minimum Gasteiger partial charge on any atom is -0.446 e. The molecule has 0 aliphatic carbocycles. The molecule has 3 aromatic heterocycles. The number of allylic oxidation sites excluding steroid dienone is 1. The predicted molar refractivity (Wildman–Crippen MR) is 123 cm³/mol. The number of halogens is 1. The molecule has 30 heavy (non-hydrogen) atoms. The molecule has 1 aromatic carbocycles. The standard InChI is InChI=1S/C20H16BrN5O2S2/c1-2-10-26-18(15-8-9-16(21)28-15)24-25-20(26)30-12-17(27)23-19-22-14(11-29-19)13-6-4-3-5-7-13/h2-9,11H,1,10,12H2,(H,22,23,27). The van der Waals surface area contributed by atoms with Crippen molar-refractivity contribution in [1.29, 1.82) is 0 Å². The quantitative estimate of drug-likeness (QED) is 0.259. The van der Waals surface area contributed by atoms with Crippen molar-refractivity contribution in [2.75, 3.05) is 11.1 Å². The molecule has 1 N–H and O–H groups in total. The molecule has 3 heterocycles. The van der Waals surface area contributed by atoms with E-state index in [-0.39, 0.29) is 11.7 Å². The Kier molecular flexibility index (Phi) is 6.46.